The van der Waals surface area contributed by atoms with E-state index in [2.05, 4.69) is 20.8 Å². The molecule has 0 bridgehead atoms. The molecule has 0 aromatic rings. The molecule has 2 atom stereocenters. The Morgan fingerprint density at radius 1 is 1.00 bits per heavy atom. The highest BCUT2D eigenvalue weighted by Crippen LogP contribution is 2.14. The van der Waals surface area contributed by atoms with Gasteiger partial charge in [-0.15, -0.1) is 0 Å². The van der Waals surface area contributed by atoms with Crippen molar-refractivity contribution in [3.8, 4) is 0 Å². The van der Waals surface area contributed by atoms with Gasteiger partial charge in [0.05, 0.1) is 6.10 Å². The minimum absolute atomic E-state index is 0.137. The van der Waals surface area contributed by atoms with Gasteiger partial charge in [-0.2, -0.15) is 0 Å². The molecule has 1 N–H and O–H groups in total. The first kappa shape index (κ1) is 11.0. The maximum absolute atomic E-state index is 9.19. The minimum atomic E-state index is -0.137. The second-order valence-corrected chi connectivity index (χ2v) is 4.04. The first-order chi connectivity index (χ1) is 5.04. The molecule has 68 valence electrons. The van der Waals surface area contributed by atoms with Crippen LogP contribution < -0.4 is 0 Å². The monoisotopic (exact) mass is 158 g/mol. The summed E-state index contributed by atoms with van der Waals surface area (Å²) in [7, 11) is 0. The predicted octanol–water partition coefficient (Wildman–Crippen LogP) is 2.83. The van der Waals surface area contributed by atoms with Gasteiger partial charge in [-0.05, 0) is 25.2 Å². The molecule has 1 heteroatoms. The quantitative estimate of drug-likeness (QED) is 0.652. The average molecular weight is 158 g/mol. The smallest absolute Gasteiger partial charge is 0.0537 e. The zero-order valence-electron chi connectivity index (χ0n) is 8.30. The van der Waals surface area contributed by atoms with Crippen molar-refractivity contribution in [2.45, 2.75) is 53.1 Å². The zero-order valence-corrected chi connectivity index (χ0v) is 8.30. The molecule has 0 heterocycles. The highest BCUT2D eigenvalue weighted by atomic mass is 16.3. The van der Waals surface area contributed by atoms with Crippen LogP contribution in [-0.4, -0.2) is 11.2 Å². The molecule has 0 aromatic heterocycles. The molecule has 0 aliphatic heterocycles. The lowest BCUT2D eigenvalue weighted by molar-refractivity contribution is 0.127. The van der Waals surface area contributed by atoms with Crippen molar-refractivity contribution < 1.29 is 5.11 Å². The van der Waals surface area contributed by atoms with Crippen LogP contribution in [0.4, 0.5) is 0 Å². The summed E-state index contributed by atoms with van der Waals surface area (Å²) in [6.45, 7) is 8.48. The molecule has 11 heavy (non-hydrogen) atoms. The molecule has 0 aliphatic carbocycles. The van der Waals surface area contributed by atoms with Crippen LogP contribution >= 0.6 is 0 Å². The largest absolute Gasteiger partial charge is 0.393 e. The lowest BCUT2D eigenvalue weighted by Crippen LogP contribution is -2.12. The van der Waals surface area contributed by atoms with E-state index in [0.29, 0.717) is 5.92 Å². The van der Waals surface area contributed by atoms with Crippen molar-refractivity contribution in [1.29, 1.82) is 0 Å². The Labute approximate surface area is 70.8 Å². The van der Waals surface area contributed by atoms with Gasteiger partial charge in [0.15, 0.2) is 0 Å². The average Bonchev–Trinajstić information content (AvgIpc) is 1.86. The van der Waals surface area contributed by atoms with Crippen LogP contribution in [-0.2, 0) is 0 Å². The fourth-order valence-corrected chi connectivity index (χ4v) is 1.09. The first-order valence-electron chi connectivity index (χ1n) is 4.72. The van der Waals surface area contributed by atoms with Crippen molar-refractivity contribution >= 4 is 0 Å². The van der Waals surface area contributed by atoms with Crippen molar-refractivity contribution in [2.24, 2.45) is 11.8 Å². The molecular weight excluding hydrogens is 136 g/mol. The summed E-state index contributed by atoms with van der Waals surface area (Å²) in [5, 5.41) is 9.19. The van der Waals surface area contributed by atoms with Crippen molar-refractivity contribution in [1.82, 2.24) is 0 Å². The fraction of sp³-hybridized carbons (Fsp3) is 1.00. The van der Waals surface area contributed by atoms with Crippen LogP contribution in [0.1, 0.15) is 47.0 Å². The van der Waals surface area contributed by atoms with Gasteiger partial charge in [-0.3, -0.25) is 0 Å². The molecule has 0 spiro atoms. The molecule has 1 nitrogen and oxygen atoms in total. The number of hydrogen-bond donors (Lipinski definition) is 1. The number of hydrogen-bond acceptors (Lipinski definition) is 1. The Bertz CT molecular complexity index is 86.9. The Morgan fingerprint density at radius 3 is 1.91 bits per heavy atom. The van der Waals surface area contributed by atoms with Crippen LogP contribution in [0.2, 0.25) is 0 Å². The molecule has 0 saturated carbocycles. The van der Waals surface area contributed by atoms with Gasteiger partial charge in [-0.1, -0.05) is 33.6 Å². The maximum Gasteiger partial charge on any atom is 0.0537 e. The summed E-state index contributed by atoms with van der Waals surface area (Å²) >= 11 is 0. The van der Waals surface area contributed by atoms with Crippen LogP contribution in [0.5, 0.6) is 0 Å². The van der Waals surface area contributed by atoms with Gasteiger partial charge >= 0.3 is 0 Å². The lowest BCUT2D eigenvalue weighted by atomic mass is 9.96. The minimum Gasteiger partial charge on any atom is -0.393 e. The van der Waals surface area contributed by atoms with E-state index < -0.39 is 0 Å². The topological polar surface area (TPSA) is 20.2 Å². The molecule has 0 amide bonds. The van der Waals surface area contributed by atoms with Gasteiger partial charge in [0.25, 0.3) is 0 Å². The number of rotatable bonds is 5. The second kappa shape index (κ2) is 5.59. The van der Waals surface area contributed by atoms with E-state index in [1.165, 1.54) is 12.8 Å². The molecule has 0 radical (unpaired) electrons. The van der Waals surface area contributed by atoms with Gasteiger partial charge in [0.1, 0.15) is 0 Å². The summed E-state index contributed by atoms with van der Waals surface area (Å²) in [6.07, 6.45) is 3.57. The molecule has 0 fully saturated rings. The normalized spacial score (nSPS) is 16.9. The molecule has 0 aromatic carbocycles. The van der Waals surface area contributed by atoms with Crippen LogP contribution in [0, 0.1) is 11.8 Å². The zero-order chi connectivity index (χ0) is 8.85. The van der Waals surface area contributed by atoms with Crippen LogP contribution in [0.25, 0.3) is 0 Å². The Kier molecular flexibility index (Phi) is 5.57. The van der Waals surface area contributed by atoms with Gasteiger partial charge in [0.2, 0.25) is 0 Å². The molecule has 0 aliphatic rings. The Morgan fingerprint density at radius 2 is 1.55 bits per heavy atom. The van der Waals surface area contributed by atoms with E-state index in [1.54, 1.807) is 0 Å². The van der Waals surface area contributed by atoms with E-state index in [9.17, 15) is 5.11 Å². The van der Waals surface area contributed by atoms with E-state index >= 15 is 0 Å². The van der Waals surface area contributed by atoms with E-state index in [1.807, 2.05) is 6.92 Å². The summed E-state index contributed by atoms with van der Waals surface area (Å²) in [5.41, 5.74) is 0. The third-order valence-corrected chi connectivity index (χ3v) is 2.26. The third kappa shape index (κ3) is 6.36. The Hall–Kier alpha value is -0.0400. The number of aliphatic hydroxyl groups excluding tert-OH is 1. The fourth-order valence-electron chi connectivity index (χ4n) is 1.09. The summed E-state index contributed by atoms with van der Waals surface area (Å²) in [6, 6.07) is 0. The summed E-state index contributed by atoms with van der Waals surface area (Å²) in [5.74, 6) is 1.27. The van der Waals surface area contributed by atoms with Gasteiger partial charge < -0.3 is 5.11 Å². The van der Waals surface area contributed by atoms with Crippen molar-refractivity contribution in [2.75, 3.05) is 0 Å². The first-order valence-corrected chi connectivity index (χ1v) is 4.72. The number of aliphatic hydroxyl groups is 1. The molecule has 0 rings (SSSR count). The van der Waals surface area contributed by atoms with Crippen LogP contribution in [0.3, 0.4) is 0 Å². The second-order valence-electron chi connectivity index (χ2n) is 4.04. The van der Waals surface area contributed by atoms with Gasteiger partial charge in [-0.25, -0.2) is 0 Å². The summed E-state index contributed by atoms with van der Waals surface area (Å²) < 4.78 is 0. The Balaban J connectivity index is 3.24. The van der Waals surface area contributed by atoms with Gasteiger partial charge in [0, 0.05) is 0 Å². The lowest BCUT2D eigenvalue weighted by Gasteiger charge is -2.14. The molecule has 0 unspecified atom stereocenters. The standard InChI is InChI=1S/C10H22O/c1-8(2)6-5-7-9(3)10(4)11/h8-11H,5-7H2,1-4H3/t9-,10+/m0/s1. The maximum atomic E-state index is 9.19. The van der Waals surface area contributed by atoms with Crippen LogP contribution in [0.15, 0.2) is 0 Å². The highest BCUT2D eigenvalue weighted by molar-refractivity contribution is 4.59. The van der Waals surface area contributed by atoms with E-state index in [0.717, 1.165) is 12.3 Å². The van der Waals surface area contributed by atoms with E-state index in [4.69, 9.17) is 0 Å². The van der Waals surface area contributed by atoms with Crippen molar-refractivity contribution in [3.05, 3.63) is 0 Å². The third-order valence-electron chi connectivity index (χ3n) is 2.26. The molecular formula is C10H22O. The predicted molar refractivity (Wildman–Crippen MR) is 49.5 cm³/mol. The molecule has 0 saturated heterocycles. The highest BCUT2D eigenvalue weighted by Gasteiger charge is 2.07. The SMILES string of the molecule is CC(C)CCC[C@H](C)[C@@H](C)O. The summed E-state index contributed by atoms with van der Waals surface area (Å²) in [4.78, 5) is 0. The van der Waals surface area contributed by atoms with E-state index in [-0.39, 0.29) is 6.10 Å². The van der Waals surface area contributed by atoms with Crippen molar-refractivity contribution in [3.63, 3.8) is 0 Å².